The van der Waals surface area contributed by atoms with Gasteiger partial charge in [0, 0.05) is 0 Å². The standard InChI is InChI=1S/2C27H26O4/c2*1-30-24-15-9-19(17-25(24)31-2)16-23-14-13-21-5-3-4-20(26(21)23)10-6-18-7-11-22(12-8-18)27(28)29/h3-5,7-9,11-12,15-17H,6,10,13-14H2,1-2H3,(H,28,29);3-5,7-9,11-12,14-15,17H,6,10,13,16H2,1-2H3,(H,28,29). The van der Waals surface area contributed by atoms with Crippen molar-refractivity contribution < 1.29 is 38.7 Å². The van der Waals surface area contributed by atoms with Crippen molar-refractivity contribution in [3.63, 3.8) is 0 Å². The molecule has 62 heavy (non-hydrogen) atoms. The fourth-order valence-electron chi connectivity index (χ4n) is 8.50. The van der Waals surface area contributed by atoms with Crippen molar-refractivity contribution in [3.8, 4) is 23.0 Å². The Balaban J connectivity index is 0.000000186. The summed E-state index contributed by atoms with van der Waals surface area (Å²) in [5.74, 6) is 1.16. The van der Waals surface area contributed by atoms with Gasteiger partial charge in [0.15, 0.2) is 23.0 Å². The van der Waals surface area contributed by atoms with E-state index in [1.807, 2.05) is 48.5 Å². The lowest BCUT2D eigenvalue weighted by Gasteiger charge is -2.14. The summed E-state index contributed by atoms with van der Waals surface area (Å²) in [7, 11) is 6.60. The Kier molecular flexibility index (Phi) is 13.9. The molecule has 0 saturated heterocycles. The Morgan fingerprint density at radius 1 is 0.532 bits per heavy atom. The van der Waals surface area contributed by atoms with Gasteiger partial charge < -0.3 is 29.2 Å². The van der Waals surface area contributed by atoms with Gasteiger partial charge in [-0.3, -0.25) is 0 Å². The molecule has 0 atom stereocenters. The summed E-state index contributed by atoms with van der Waals surface area (Å²) in [6, 6.07) is 39.5. The van der Waals surface area contributed by atoms with Crippen molar-refractivity contribution in [1.29, 1.82) is 0 Å². The van der Waals surface area contributed by atoms with Crippen LogP contribution in [0.15, 0.2) is 127 Å². The van der Waals surface area contributed by atoms with Crippen molar-refractivity contribution >= 4 is 29.2 Å². The molecule has 0 heterocycles. The molecule has 2 N–H and O–H groups in total. The summed E-state index contributed by atoms with van der Waals surface area (Å²) >= 11 is 0. The predicted octanol–water partition coefficient (Wildman–Crippen LogP) is 11.0. The number of methoxy groups -OCH3 is 4. The Bertz CT molecular complexity index is 2620. The molecule has 0 spiro atoms. The van der Waals surface area contributed by atoms with Gasteiger partial charge >= 0.3 is 11.9 Å². The molecule has 8 nitrogen and oxygen atoms in total. The molecule has 6 aromatic carbocycles. The molecule has 2 aliphatic carbocycles. The molecule has 0 aliphatic heterocycles. The molecular weight excluding hydrogens is 777 g/mol. The number of aryl methyl sites for hydroxylation is 5. The minimum Gasteiger partial charge on any atom is -0.493 e. The number of hydrogen-bond donors (Lipinski definition) is 2. The van der Waals surface area contributed by atoms with Crippen LogP contribution in [0.2, 0.25) is 0 Å². The second kappa shape index (κ2) is 20.0. The summed E-state index contributed by atoms with van der Waals surface area (Å²) in [6.45, 7) is 0. The first-order valence-electron chi connectivity index (χ1n) is 20.9. The third-order valence-corrected chi connectivity index (χ3v) is 11.7. The van der Waals surface area contributed by atoms with Gasteiger partial charge in [-0.15, -0.1) is 0 Å². The molecule has 0 bridgehead atoms. The molecule has 0 fully saturated rings. The number of benzene rings is 6. The largest absolute Gasteiger partial charge is 0.493 e. The number of fused-ring (bicyclic) bond motifs is 2. The van der Waals surface area contributed by atoms with E-state index in [0.29, 0.717) is 11.1 Å². The lowest BCUT2D eigenvalue weighted by molar-refractivity contribution is 0.0686. The Morgan fingerprint density at radius 2 is 1.05 bits per heavy atom. The summed E-state index contributed by atoms with van der Waals surface area (Å²) in [6.07, 6.45) is 12.0. The third-order valence-electron chi connectivity index (χ3n) is 11.7. The zero-order chi connectivity index (χ0) is 43.6. The van der Waals surface area contributed by atoms with E-state index >= 15 is 0 Å². The zero-order valence-corrected chi connectivity index (χ0v) is 35.7. The highest BCUT2D eigenvalue weighted by molar-refractivity contribution is 5.89. The van der Waals surface area contributed by atoms with Crippen LogP contribution >= 0.6 is 0 Å². The molecule has 0 radical (unpaired) electrons. The molecule has 8 heteroatoms. The summed E-state index contributed by atoms with van der Waals surface area (Å²) in [5.41, 5.74) is 16.1. The average Bonchev–Trinajstić information content (AvgIpc) is 3.92. The maximum absolute atomic E-state index is 11.1. The second-order valence-electron chi connectivity index (χ2n) is 15.5. The smallest absolute Gasteiger partial charge is 0.335 e. The Hall–Kier alpha value is -7.06. The van der Waals surface area contributed by atoms with Crippen LogP contribution in [0.5, 0.6) is 23.0 Å². The Labute approximate surface area is 363 Å². The summed E-state index contributed by atoms with van der Waals surface area (Å²) < 4.78 is 21.6. The van der Waals surface area contributed by atoms with E-state index in [-0.39, 0.29) is 0 Å². The zero-order valence-electron chi connectivity index (χ0n) is 35.7. The van der Waals surface area contributed by atoms with Crippen LogP contribution < -0.4 is 18.9 Å². The SMILES string of the molecule is COc1ccc(C=C2CCc3cccc(CCc4ccc(C(=O)O)cc4)c32)cc1OC.COc1ccc(CC2=CCc3cccc(CCc4ccc(C(=O)O)cc4)c32)cc1OC. The van der Waals surface area contributed by atoms with E-state index in [1.165, 1.54) is 50.1 Å². The second-order valence-corrected chi connectivity index (χ2v) is 15.5. The average molecular weight is 829 g/mol. The summed E-state index contributed by atoms with van der Waals surface area (Å²) in [5, 5.41) is 18.2. The molecule has 0 unspecified atom stereocenters. The number of ether oxygens (including phenoxy) is 4. The van der Waals surface area contributed by atoms with Crippen molar-refractivity contribution in [3.05, 3.63) is 194 Å². The monoisotopic (exact) mass is 828 g/mol. The van der Waals surface area contributed by atoms with Crippen LogP contribution in [0.1, 0.15) is 82.8 Å². The van der Waals surface area contributed by atoms with Gasteiger partial charge in [-0.1, -0.05) is 84.9 Å². The predicted molar refractivity (Wildman–Crippen MR) is 245 cm³/mol. The van der Waals surface area contributed by atoms with E-state index in [9.17, 15) is 9.59 Å². The van der Waals surface area contributed by atoms with Crippen LogP contribution in [-0.2, 0) is 44.9 Å². The maximum Gasteiger partial charge on any atom is 0.335 e. The number of carboxylic acid groups (broad SMARTS) is 2. The van der Waals surface area contributed by atoms with Crippen molar-refractivity contribution in [2.75, 3.05) is 28.4 Å². The summed E-state index contributed by atoms with van der Waals surface area (Å²) in [4.78, 5) is 22.1. The fraction of sp³-hybridized carbons (Fsp3) is 0.222. The van der Waals surface area contributed by atoms with E-state index in [4.69, 9.17) is 29.2 Å². The first-order chi connectivity index (χ1) is 30.2. The van der Waals surface area contributed by atoms with Gasteiger partial charge in [0.25, 0.3) is 0 Å². The quantitative estimate of drug-likeness (QED) is 0.105. The van der Waals surface area contributed by atoms with E-state index in [0.717, 1.165) is 91.1 Å². The molecule has 316 valence electrons. The molecule has 6 aromatic rings. The maximum atomic E-state index is 11.1. The van der Waals surface area contributed by atoms with Gasteiger partial charge in [0.2, 0.25) is 0 Å². The Morgan fingerprint density at radius 3 is 1.61 bits per heavy atom. The number of carbonyl (C=O) groups is 2. The first-order valence-corrected chi connectivity index (χ1v) is 20.9. The number of allylic oxidation sites excluding steroid dienone is 3. The number of hydrogen-bond acceptors (Lipinski definition) is 6. The van der Waals surface area contributed by atoms with Gasteiger partial charge in [0.05, 0.1) is 39.6 Å². The fourth-order valence-corrected chi connectivity index (χ4v) is 8.50. The molecule has 8 rings (SSSR count). The lowest BCUT2D eigenvalue weighted by atomic mass is 9.91. The van der Waals surface area contributed by atoms with E-state index in [2.05, 4.69) is 60.7 Å². The van der Waals surface area contributed by atoms with Gasteiger partial charge in [-0.2, -0.15) is 0 Å². The minimum absolute atomic E-state index is 0.324. The van der Waals surface area contributed by atoms with Crippen LogP contribution in [0.25, 0.3) is 17.2 Å². The normalized spacial score (nSPS) is 13.0. The topological polar surface area (TPSA) is 112 Å². The van der Waals surface area contributed by atoms with Crippen LogP contribution in [0.4, 0.5) is 0 Å². The lowest BCUT2D eigenvalue weighted by Crippen LogP contribution is -2.01. The number of aromatic carboxylic acids is 2. The third kappa shape index (κ3) is 10.1. The van der Waals surface area contributed by atoms with Crippen LogP contribution in [-0.4, -0.2) is 50.6 Å². The van der Waals surface area contributed by atoms with Crippen molar-refractivity contribution in [1.82, 2.24) is 0 Å². The van der Waals surface area contributed by atoms with E-state index in [1.54, 1.807) is 52.7 Å². The van der Waals surface area contributed by atoms with Crippen molar-refractivity contribution in [2.45, 2.75) is 51.4 Å². The molecule has 0 aromatic heterocycles. The highest BCUT2D eigenvalue weighted by Crippen LogP contribution is 2.39. The molecule has 0 amide bonds. The highest BCUT2D eigenvalue weighted by atomic mass is 16.5. The van der Waals surface area contributed by atoms with E-state index < -0.39 is 11.9 Å². The minimum atomic E-state index is -0.891. The number of carboxylic acids is 2. The van der Waals surface area contributed by atoms with Crippen molar-refractivity contribution in [2.24, 2.45) is 0 Å². The van der Waals surface area contributed by atoms with Crippen LogP contribution in [0, 0.1) is 0 Å². The number of rotatable bonds is 15. The molecular formula is C54H52O8. The highest BCUT2D eigenvalue weighted by Gasteiger charge is 2.21. The molecule has 2 aliphatic rings. The van der Waals surface area contributed by atoms with Crippen LogP contribution in [0.3, 0.4) is 0 Å². The van der Waals surface area contributed by atoms with Gasteiger partial charge in [0.1, 0.15) is 0 Å². The van der Waals surface area contributed by atoms with Gasteiger partial charge in [-0.05, 0) is 167 Å². The first kappa shape index (κ1) is 43.0. The van der Waals surface area contributed by atoms with Gasteiger partial charge in [-0.25, -0.2) is 9.59 Å². The molecule has 0 saturated carbocycles.